The maximum Gasteiger partial charge on any atom is 0.240 e. The molecule has 0 radical (unpaired) electrons. The van der Waals surface area contributed by atoms with Crippen LogP contribution in [0, 0.1) is 11.3 Å². The molecule has 0 atom stereocenters. The van der Waals surface area contributed by atoms with Crippen LogP contribution in [0.15, 0.2) is 34.9 Å². The van der Waals surface area contributed by atoms with Crippen molar-refractivity contribution in [3.63, 3.8) is 0 Å². The first-order valence-electron chi connectivity index (χ1n) is 9.54. The maximum absolute atomic E-state index is 12.3. The van der Waals surface area contributed by atoms with E-state index in [0.717, 1.165) is 38.4 Å². The number of hydrogen-bond acceptors (Lipinski definition) is 6. The van der Waals surface area contributed by atoms with Crippen LogP contribution >= 0.6 is 0 Å². The topological polar surface area (TPSA) is 85.4 Å². The number of amides is 1. The first kappa shape index (κ1) is 20.1. The van der Waals surface area contributed by atoms with Gasteiger partial charge in [-0.05, 0) is 17.7 Å². The maximum atomic E-state index is 12.3. The minimum atomic E-state index is -0.113. The molecule has 1 aliphatic heterocycles. The molecule has 0 unspecified atom stereocenters. The summed E-state index contributed by atoms with van der Waals surface area (Å²) in [5.74, 6) is 0.312. The summed E-state index contributed by atoms with van der Waals surface area (Å²) in [6.07, 6.45) is 0. The van der Waals surface area contributed by atoms with Crippen molar-refractivity contribution in [3.05, 3.63) is 47.2 Å². The van der Waals surface area contributed by atoms with Gasteiger partial charge >= 0.3 is 0 Å². The van der Waals surface area contributed by atoms with Gasteiger partial charge in [-0.2, -0.15) is 5.26 Å². The molecule has 2 heterocycles. The van der Waals surface area contributed by atoms with Gasteiger partial charge in [-0.15, -0.1) is 0 Å². The molecule has 7 nitrogen and oxygen atoms in total. The lowest BCUT2D eigenvalue weighted by atomic mass is 9.92. The zero-order valence-electron chi connectivity index (χ0n) is 16.7. The summed E-state index contributed by atoms with van der Waals surface area (Å²) in [5, 5.41) is 15.7. The zero-order chi connectivity index (χ0) is 20.1. The molecule has 1 aromatic heterocycles. The molecule has 1 aromatic carbocycles. The molecule has 1 amide bonds. The van der Waals surface area contributed by atoms with Crippen LogP contribution in [-0.2, 0) is 16.8 Å². The highest BCUT2D eigenvalue weighted by Gasteiger charge is 2.22. The Bertz CT molecular complexity index is 837. The number of aromatic nitrogens is 1. The lowest BCUT2D eigenvalue weighted by molar-refractivity contribution is -0.117. The van der Waals surface area contributed by atoms with Crippen molar-refractivity contribution in [2.24, 2.45) is 0 Å². The summed E-state index contributed by atoms with van der Waals surface area (Å²) >= 11 is 0. The van der Waals surface area contributed by atoms with Crippen molar-refractivity contribution in [1.82, 2.24) is 15.0 Å². The van der Waals surface area contributed by atoms with E-state index >= 15 is 0 Å². The number of nitrogens with zero attached hydrogens (tertiary/aromatic N) is 4. The second-order valence-corrected chi connectivity index (χ2v) is 8.24. The average Bonchev–Trinajstić information content (AvgIpc) is 3.13. The number of benzene rings is 1. The van der Waals surface area contributed by atoms with E-state index in [9.17, 15) is 4.79 Å². The highest BCUT2D eigenvalue weighted by atomic mass is 16.5. The molecular weight excluding hydrogens is 354 g/mol. The Morgan fingerprint density at radius 1 is 1.18 bits per heavy atom. The Labute approximate surface area is 165 Å². The fourth-order valence-corrected chi connectivity index (χ4v) is 3.12. The molecular formula is C21H27N5O2. The van der Waals surface area contributed by atoms with Crippen LogP contribution in [0.3, 0.4) is 0 Å². The van der Waals surface area contributed by atoms with Crippen molar-refractivity contribution in [2.75, 3.05) is 38.0 Å². The molecule has 1 saturated heterocycles. The Morgan fingerprint density at radius 2 is 1.82 bits per heavy atom. The predicted octanol–water partition coefficient (Wildman–Crippen LogP) is 2.60. The fourth-order valence-electron chi connectivity index (χ4n) is 3.12. The van der Waals surface area contributed by atoms with Crippen LogP contribution in [0.4, 0.5) is 5.88 Å². The second kappa shape index (κ2) is 8.55. The van der Waals surface area contributed by atoms with Gasteiger partial charge in [0.2, 0.25) is 11.8 Å². The van der Waals surface area contributed by atoms with Crippen LogP contribution < -0.4 is 5.32 Å². The van der Waals surface area contributed by atoms with Gasteiger partial charge in [-0.1, -0.05) is 38.1 Å². The molecule has 0 saturated carbocycles. The smallest absolute Gasteiger partial charge is 0.240 e. The van der Waals surface area contributed by atoms with Gasteiger partial charge in [0.25, 0.3) is 0 Å². The Balaban J connectivity index is 1.43. The Hall–Kier alpha value is -2.69. The lowest BCUT2D eigenvalue weighted by Crippen LogP contribution is -2.48. The summed E-state index contributed by atoms with van der Waals surface area (Å²) in [6.45, 7) is 10.8. The molecule has 2 aromatic rings. The Morgan fingerprint density at radius 3 is 2.39 bits per heavy atom. The van der Waals surface area contributed by atoms with Gasteiger partial charge in [0.15, 0.2) is 0 Å². The number of nitrogens with one attached hydrogen (secondary N) is 1. The third-order valence-corrected chi connectivity index (χ3v) is 4.86. The van der Waals surface area contributed by atoms with Crippen LogP contribution in [-0.4, -0.2) is 53.6 Å². The van der Waals surface area contributed by atoms with Crippen molar-refractivity contribution in [3.8, 4) is 6.07 Å². The minimum Gasteiger partial charge on any atom is -0.338 e. The van der Waals surface area contributed by atoms with Crippen LogP contribution in [0.5, 0.6) is 0 Å². The molecule has 1 aliphatic rings. The number of anilines is 1. The van der Waals surface area contributed by atoms with Gasteiger partial charge in [0, 0.05) is 44.2 Å². The van der Waals surface area contributed by atoms with Crippen molar-refractivity contribution in [1.29, 1.82) is 5.26 Å². The third kappa shape index (κ3) is 5.41. The molecule has 0 bridgehead atoms. The molecule has 1 fully saturated rings. The monoisotopic (exact) mass is 381 g/mol. The molecule has 3 rings (SSSR count). The fraction of sp³-hybridized carbons (Fsp3) is 0.476. The van der Waals surface area contributed by atoms with Gasteiger partial charge in [0.05, 0.1) is 23.9 Å². The molecule has 1 N–H and O–H groups in total. The third-order valence-electron chi connectivity index (χ3n) is 4.86. The van der Waals surface area contributed by atoms with E-state index in [0.29, 0.717) is 18.0 Å². The first-order chi connectivity index (χ1) is 13.3. The van der Waals surface area contributed by atoms with Crippen LogP contribution in [0.25, 0.3) is 0 Å². The highest BCUT2D eigenvalue weighted by molar-refractivity contribution is 5.91. The quantitative estimate of drug-likeness (QED) is 0.857. The van der Waals surface area contributed by atoms with Gasteiger partial charge in [0.1, 0.15) is 0 Å². The van der Waals surface area contributed by atoms with E-state index in [4.69, 9.17) is 9.78 Å². The predicted molar refractivity (Wildman–Crippen MR) is 107 cm³/mol. The number of carbonyl (C=O) groups excluding carboxylic acids is 1. The van der Waals surface area contributed by atoms with E-state index in [-0.39, 0.29) is 11.3 Å². The SMILES string of the molecule is CC(C)(C)c1cc(NC(=O)CN2CCN(Cc3ccc(C#N)cc3)CC2)on1. The summed E-state index contributed by atoms with van der Waals surface area (Å²) in [5.41, 5.74) is 2.59. The second-order valence-electron chi connectivity index (χ2n) is 8.24. The van der Waals surface area contributed by atoms with Crippen molar-refractivity contribution >= 4 is 11.8 Å². The minimum absolute atomic E-state index is 0.0860. The lowest BCUT2D eigenvalue weighted by Gasteiger charge is -2.34. The van der Waals surface area contributed by atoms with Crippen LogP contribution in [0.2, 0.25) is 0 Å². The molecule has 0 spiro atoms. The van der Waals surface area contributed by atoms with E-state index in [1.54, 1.807) is 6.07 Å². The van der Waals surface area contributed by atoms with Crippen molar-refractivity contribution < 1.29 is 9.32 Å². The summed E-state index contributed by atoms with van der Waals surface area (Å²) < 4.78 is 5.22. The van der Waals surface area contributed by atoms with E-state index in [1.165, 1.54) is 5.56 Å². The standard InChI is InChI=1S/C21H27N5O2/c1-21(2,3)18-12-20(28-24-18)23-19(27)15-26-10-8-25(9-11-26)14-17-6-4-16(13-22)5-7-17/h4-7,12H,8-11,14-15H2,1-3H3,(H,23,27). The van der Waals surface area contributed by atoms with Gasteiger partial charge < -0.3 is 4.52 Å². The molecule has 28 heavy (non-hydrogen) atoms. The largest absolute Gasteiger partial charge is 0.338 e. The van der Waals surface area contributed by atoms with Gasteiger partial charge in [-0.25, -0.2) is 0 Å². The van der Waals surface area contributed by atoms with E-state index in [2.05, 4.69) is 26.3 Å². The molecule has 0 aliphatic carbocycles. The number of carbonyl (C=O) groups is 1. The molecule has 7 heteroatoms. The summed E-state index contributed by atoms with van der Waals surface area (Å²) in [7, 11) is 0. The van der Waals surface area contributed by atoms with Gasteiger partial charge in [-0.3, -0.25) is 19.9 Å². The zero-order valence-corrected chi connectivity index (χ0v) is 16.7. The number of nitriles is 1. The normalized spacial score (nSPS) is 15.9. The Kier molecular flexibility index (Phi) is 6.12. The van der Waals surface area contributed by atoms with Crippen LogP contribution in [0.1, 0.15) is 37.6 Å². The van der Waals surface area contributed by atoms with Crippen molar-refractivity contribution in [2.45, 2.75) is 32.7 Å². The summed E-state index contributed by atoms with van der Waals surface area (Å²) in [6, 6.07) is 11.6. The first-order valence-corrected chi connectivity index (χ1v) is 9.54. The van der Waals surface area contributed by atoms with E-state index in [1.807, 2.05) is 45.0 Å². The molecule has 148 valence electrons. The summed E-state index contributed by atoms with van der Waals surface area (Å²) in [4.78, 5) is 16.8. The average molecular weight is 381 g/mol. The number of piperazine rings is 1. The highest BCUT2D eigenvalue weighted by Crippen LogP contribution is 2.23. The number of rotatable bonds is 5. The number of hydrogen-bond donors (Lipinski definition) is 1. The van der Waals surface area contributed by atoms with E-state index < -0.39 is 0 Å².